The monoisotopic (exact) mass is 727 g/mol. The van der Waals surface area contributed by atoms with Crippen molar-refractivity contribution < 1.29 is 0 Å². The van der Waals surface area contributed by atoms with Gasteiger partial charge in [0.15, 0.2) is 5.82 Å². The molecule has 0 bridgehead atoms. The van der Waals surface area contributed by atoms with Crippen molar-refractivity contribution in [3.8, 4) is 50.7 Å². The molecule has 3 heterocycles. The lowest BCUT2D eigenvalue weighted by atomic mass is 9.81. The predicted molar refractivity (Wildman–Crippen MR) is 225 cm³/mol. The summed E-state index contributed by atoms with van der Waals surface area (Å²) < 4.78 is 2.30. The van der Waals surface area contributed by atoms with Crippen molar-refractivity contribution in [2.45, 2.75) is 38.8 Å². The van der Waals surface area contributed by atoms with Gasteiger partial charge in [0.1, 0.15) is 5.82 Å². The Kier molecular flexibility index (Phi) is 7.07. The van der Waals surface area contributed by atoms with Crippen molar-refractivity contribution in [3.05, 3.63) is 175 Å². The van der Waals surface area contributed by atoms with E-state index in [1.165, 1.54) is 63.7 Å². The van der Waals surface area contributed by atoms with Crippen molar-refractivity contribution in [2.24, 2.45) is 0 Å². The van der Waals surface area contributed by atoms with E-state index in [2.05, 4.69) is 158 Å². The summed E-state index contributed by atoms with van der Waals surface area (Å²) in [4.78, 5) is 15.7. The Balaban J connectivity index is 1.04. The zero-order valence-electron chi connectivity index (χ0n) is 29.7. The fraction of sp³-hybridized carbons (Fsp3) is 0.0612. The molecular formula is C49H33N3S2. The van der Waals surface area contributed by atoms with Crippen LogP contribution in [0.3, 0.4) is 0 Å². The summed E-state index contributed by atoms with van der Waals surface area (Å²) in [6.07, 6.45) is 0. The molecule has 2 aromatic heterocycles. The van der Waals surface area contributed by atoms with E-state index in [9.17, 15) is 0 Å². The molecule has 7 aromatic carbocycles. The highest BCUT2D eigenvalue weighted by Gasteiger charge is 2.39. The maximum Gasteiger partial charge on any atom is 0.162 e. The molecule has 0 saturated heterocycles. The van der Waals surface area contributed by atoms with Gasteiger partial charge < -0.3 is 0 Å². The third-order valence-corrected chi connectivity index (χ3v) is 13.7. The van der Waals surface area contributed by atoms with Gasteiger partial charge in [-0.15, -0.1) is 0 Å². The number of hydrogen-bond donors (Lipinski definition) is 0. The molecule has 0 atom stereocenters. The van der Waals surface area contributed by atoms with Crippen LogP contribution in [0.5, 0.6) is 0 Å². The molecule has 2 aliphatic rings. The maximum atomic E-state index is 5.22. The minimum Gasteiger partial charge on any atom is -0.294 e. The van der Waals surface area contributed by atoms with E-state index in [1.807, 2.05) is 47.8 Å². The topological polar surface area (TPSA) is 30.7 Å². The lowest BCUT2D eigenvalue weighted by Crippen LogP contribution is -2.17. The molecule has 0 spiro atoms. The van der Waals surface area contributed by atoms with Crippen LogP contribution in [0.4, 0.5) is 0 Å². The van der Waals surface area contributed by atoms with Gasteiger partial charge in [0.25, 0.3) is 0 Å². The van der Waals surface area contributed by atoms with E-state index in [1.54, 1.807) is 0 Å². The number of aromatic nitrogens is 3. The summed E-state index contributed by atoms with van der Waals surface area (Å²) in [6.45, 7) is 4.80. The van der Waals surface area contributed by atoms with Gasteiger partial charge in [-0.1, -0.05) is 153 Å². The zero-order valence-corrected chi connectivity index (χ0v) is 31.4. The first-order chi connectivity index (χ1) is 26.5. The second kappa shape index (κ2) is 12.1. The highest BCUT2D eigenvalue weighted by atomic mass is 32.2. The molecule has 11 rings (SSSR count). The number of hydrogen-bond acceptors (Lipinski definition) is 4. The number of fused-ring (bicyclic) bond motifs is 9. The molecule has 9 aromatic rings. The average molecular weight is 728 g/mol. The molecule has 0 radical (unpaired) electrons. The summed E-state index contributed by atoms with van der Waals surface area (Å²) in [5.41, 5.74) is 13.0. The minimum absolute atomic E-state index is 0.133. The first-order valence-corrected chi connectivity index (χ1v) is 20.0. The number of para-hydroxylation sites is 1. The van der Waals surface area contributed by atoms with Crippen LogP contribution >= 0.6 is 23.5 Å². The van der Waals surface area contributed by atoms with Crippen LogP contribution in [0.2, 0.25) is 0 Å². The van der Waals surface area contributed by atoms with Crippen LogP contribution in [0.15, 0.2) is 183 Å². The standard InChI is InChI=1S/C49H33N3S2/c1-49(2)38-28-33(21-23-34(38)36-24-26-44-47(46(36)49)54-43-20-12-11-19-42(43)53-44)32-22-25-41-37(27-32)35-17-9-10-18-40(35)52(41)45-29-39(30-13-5-3-6-14-30)50-48(51-45)31-15-7-4-8-16-31/h3-29H,1-2H3. The van der Waals surface area contributed by atoms with E-state index in [4.69, 9.17) is 9.97 Å². The van der Waals surface area contributed by atoms with E-state index in [0.29, 0.717) is 5.82 Å². The molecule has 256 valence electrons. The Labute approximate surface area is 322 Å². The highest BCUT2D eigenvalue weighted by Crippen LogP contribution is 2.59. The molecular weight excluding hydrogens is 695 g/mol. The second-order valence-electron chi connectivity index (χ2n) is 14.6. The average Bonchev–Trinajstić information content (AvgIpc) is 3.68. The van der Waals surface area contributed by atoms with Crippen LogP contribution in [-0.4, -0.2) is 14.5 Å². The number of nitrogens with zero attached hydrogens (tertiary/aromatic N) is 3. The van der Waals surface area contributed by atoms with Crippen molar-refractivity contribution >= 4 is 45.3 Å². The maximum absolute atomic E-state index is 5.22. The van der Waals surface area contributed by atoms with Gasteiger partial charge in [0, 0.05) is 53.0 Å². The number of rotatable bonds is 4. The summed E-state index contributed by atoms with van der Waals surface area (Å²) in [7, 11) is 0. The van der Waals surface area contributed by atoms with E-state index in [-0.39, 0.29) is 5.41 Å². The van der Waals surface area contributed by atoms with Gasteiger partial charge >= 0.3 is 0 Å². The Morgan fingerprint density at radius 2 is 1.13 bits per heavy atom. The van der Waals surface area contributed by atoms with Crippen molar-refractivity contribution in [2.75, 3.05) is 0 Å². The summed E-state index contributed by atoms with van der Waals surface area (Å²) >= 11 is 3.83. The van der Waals surface area contributed by atoms with Crippen LogP contribution in [0, 0.1) is 0 Å². The molecule has 0 saturated carbocycles. The Morgan fingerprint density at radius 1 is 0.481 bits per heavy atom. The molecule has 1 aliphatic heterocycles. The lowest BCUT2D eigenvalue weighted by Gasteiger charge is -2.28. The van der Waals surface area contributed by atoms with Crippen molar-refractivity contribution in [3.63, 3.8) is 0 Å². The first kappa shape index (κ1) is 31.6. The summed E-state index contributed by atoms with van der Waals surface area (Å²) in [6, 6.07) is 58.9. The minimum atomic E-state index is -0.133. The SMILES string of the molecule is CC1(C)c2cc(-c3ccc4c(c3)c3ccccc3n4-c3cc(-c4ccccc4)nc(-c4ccccc4)n3)ccc2-c2ccc3c(c21)Sc1ccccc1S3. The van der Waals surface area contributed by atoms with Crippen molar-refractivity contribution in [1.29, 1.82) is 0 Å². The second-order valence-corrected chi connectivity index (χ2v) is 16.7. The molecule has 0 amide bonds. The Bertz CT molecular complexity index is 2910. The Hall–Kier alpha value is -5.88. The van der Waals surface area contributed by atoms with Gasteiger partial charge in [-0.25, -0.2) is 9.97 Å². The third kappa shape index (κ3) is 4.85. The molecule has 0 fully saturated rings. The van der Waals surface area contributed by atoms with Gasteiger partial charge in [-0.3, -0.25) is 4.57 Å². The lowest BCUT2D eigenvalue weighted by molar-refractivity contribution is 0.642. The quantitative estimate of drug-likeness (QED) is 0.181. The predicted octanol–water partition coefficient (Wildman–Crippen LogP) is 13.5. The summed E-state index contributed by atoms with van der Waals surface area (Å²) in [5, 5.41) is 2.40. The van der Waals surface area contributed by atoms with Crippen LogP contribution in [0.1, 0.15) is 25.0 Å². The molecule has 0 unspecified atom stereocenters. The normalized spacial score (nSPS) is 13.7. The number of benzene rings is 7. The molecule has 1 aliphatic carbocycles. The van der Waals surface area contributed by atoms with Crippen LogP contribution in [-0.2, 0) is 5.41 Å². The van der Waals surface area contributed by atoms with Crippen LogP contribution < -0.4 is 0 Å². The van der Waals surface area contributed by atoms with Crippen molar-refractivity contribution in [1.82, 2.24) is 14.5 Å². The molecule has 3 nitrogen and oxygen atoms in total. The zero-order chi connectivity index (χ0) is 36.0. The smallest absolute Gasteiger partial charge is 0.162 e. The van der Waals surface area contributed by atoms with E-state index >= 15 is 0 Å². The molecule has 0 N–H and O–H groups in total. The van der Waals surface area contributed by atoms with Gasteiger partial charge in [-0.2, -0.15) is 0 Å². The highest BCUT2D eigenvalue weighted by molar-refractivity contribution is 8.05. The molecule has 54 heavy (non-hydrogen) atoms. The summed E-state index contributed by atoms with van der Waals surface area (Å²) in [5.74, 6) is 1.56. The fourth-order valence-corrected chi connectivity index (χ4v) is 11.0. The first-order valence-electron chi connectivity index (χ1n) is 18.3. The van der Waals surface area contributed by atoms with Gasteiger partial charge in [-0.05, 0) is 75.8 Å². The van der Waals surface area contributed by atoms with Gasteiger partial charge in [0.05, 0.1) is 16.7 Å². The fourth-order valence-electron chi connectivity index (χ4n) is 8.47. The van der Waals surface area contributed by atoms with E-state index in [0.717, 1.165) is 33.7 Å². The van der Waals surface area contributed by atoms with Crippen LogP contribution in [0.25, 0.3) is 72.5 Å². The Morgan fingerprint density at radius 3 is 1.94 bits per heavy atom. The third-order valence-electron chi connectivity index (χ3n) is 11.1. The van der Waals surface area contributed by atoms with E-state index < -0.39 is 0 Å². The largest absolute Gasteiger partial charge is 0.294 e. The van der Waals surface area contributed by atoms with Gasteiger partial charge in [0.2, 0.25) is 0 Å². The molecule has 5 heteroatoms.